The van der Waals surface area contributed by atoms with Crippen molar-refractivity contribution in [1.82, 2.24) is 0 Å². The zero-order valence-corrected chi connectivity index (χ0v) is 12.4. The van der Waals surface area contributed by atoms with Gasteiger partial charge in [0, 0.05) is 12.1 Å². The second-order valence-electron chi connectivity index (χ2n) is 4.47. The van der Waals surface area contributed by atoms with Crippen molar-refractivity contribution in [3.63, 3.8) is 0 Å². The molecule has 2 aromatic rings. The lowest BCUT2D eigenvalue weighted by molar-refractivity contribution is -0.139. The number of hydrogen-bond donors (Lipinski definition) is 0. The molecule has 6 nitrogen and oxygen atoms in total. The fourth-order valence-electron chi connectivity index (χ4n) is 1.83. The van der Waals surface area contributed by atoms with Crippen LogP contribution >= 0.6 is 0 Å². The second kappa shape index (κ2) is 7.68. The molecule has 6 heteroatoms. The van der Waals surface area contributed by atoms with E-state index in [2.05, 4.69) is 4.79 Å². The van der Waals surface area contributed by atoms with Crippen LogP contribution in [0.25, 0.3) is 17.7 Å². The van der Waals surface area contributed by atoms with E-state index in [1.807, 2.05) is 30.3 Å². The number of carbonyl (C=O) groups excluding carboxylic acids is 1. The molecule has 1 aromatic carbocycles. The van der Waals surface area contributed by atoms with Crippen molar-refractivity contribution in [3.8, 4) is 0 Å². The van der Waals surface area contributed by atoms with Gasteiger partial charge >= 0.3 is 11.7 Å². The van der Waals surface area contributed by atoms with Crippen LogP contribution in [0.1, 0.15) is 24.0 Å². The van der Waals surface area contributed by atoms with Crippen LogP contribution < -0.4 is 5.43 Å². The molecule has 116 valence electrons. The van der Waals surface area contributed by atoms with E-state index in [0.29, 0.717) is 0 Å². The summed E-state index contributed by atoms with van der Waals surface area (Å²) in [6, 6.07) is 11.7. The molecule has 0 aliphatic heterocycles. The van der Waals surface area contributed by atoms with Crippen molar-refractivity contribution in [2.24, 2.45) is 0 Å². The van der Waals surface area contributed by atoms with Crippen molar-refractivity contribution in [3.05, 3.63) is 75.3 Å². The predicted octanol–water partition coefficient (Wildman–Crippen LogP) is 2.39. The molecule has 0 saturated carbocycles. The minimum Gasteiger partial charge on any atom is -0.457 e. The number of benzene rings is 1. The summed E-state index contributed by atoms with van der Waals surface area (Å²) in [7, 11) is 0. The molecule has 0 radical (unpaired) electrons. The van der Waals surface area contributed by atoms with Crippen LogP contribution in [-0.4, -0.2) is 23.1 Å². The fraction of sp³-hybridized carbons (Fsp3) is 0.118. The molecule has 1 heterocycles. The topological polar surface area (TPSA) is 92.9 Å². The highest BCUT2D eigenvalue weighted by molar-refractivity contribution is 6.39. The molecule has 23 heavy (non-hydrogen) atoms. The first-order chi connectivity index (χ1) is 11.1. The van der Waals surface area contributed by atoms with Gasteiger partial charge in [0.05, 0.1) is 6.61 Å². The summed E-state index contributed by atoms with van der Waals surface area (Å²) in [5.74, 6) is -0.810. The summed E-state index contributed by atoms with van der Waals surface area (Å²) >= 11 is 0. The van der Waals surface area contributed by atoms with E-state index in [1.165, 1.54) is 6.07 Å². The Bertz CT molecular complexity index is 831. The molecule has 0 aliphatic rings. The van der Waals surface area contributed by atoms with Crippen molar-refractivity contribution in [1.29, 1.82) is 0 Å². The Morgan fingerprint density at radius 2 is 2.00 bits per heavy atom. The van der Waals surface area contributed by atoms with E-state index in [9.17, 15) is 9.59 Å². The minimum absolute atomic E-state index is 0.107. The van der Waals surface area contributed by atoms with E-state index in [0.717, 1.165) is 11.6 Å². The van der Waals surface area contributed by atoms with Gasteiger partial charge in [-0.15, -0.1) is 0 Å². The van der Waals surface area contributed by atoms with Crippen LogP contribution in [0.5, 0.6) is 0 Å². The SMILES string of the molecule is CCOC(=O)C(=[N+]=[N-])c1cc(=O)cc(/C=C/c2ccccc2)o1. The summed E-state index contributed by atoms with van der Waals surface area (Å²) in [4.78, 5) is 26.3. The van der Waals surface area contributed by atoms with Gasteiger partial charge in [0.2, 0.25) is 5.76 Å². The average Bonchev–Trinajstić information content (AvgIpc) is 2.54. The monoisotopic (exact) mass is 310 g/mol. The Morgan fingerprint density at radius 1 is 1.26 bits per heavy atom. The predicted molar refractivity (Wildman–Crippen MR) is 84.7 cm³/mol. The standard InChI is InChI=1S/C17H14N2O4/c1-2-22-17(21)16(19-18)15-11-13(20)10-14(23-15)9-8-12-6-4-3-5-7-12/h3-11H,2H2,1H3/b9-8+. The van der Waals surface area contributed by atoms with Gasteiger partial charge in [0.25, 0.3) is 0 Å². The first-order valence-electron chi connectivity index (χ1n) is 6.92. The van der Waals surface area contributed by atoms with Crippen LogP contribution in [0, 0.1) is 0 Å². The Labute approximate surface area is 132 Å². The smallest absolute Gasteiger partial charge is 0.441 e. The first kappa shape index (κ1) is 16.1. The van der Waals surface area contributed by atoms with E-state index < -0.39 is 11.7 Å². The fourth-order valence-corrected chi connectivity index (χ4v) is 1.83. The Hall–Kier alpha value is -3.24. The summed E-state index contributed by atoms with van der Waals surface area (Å²) in [5, 5.41) is 0. The van der Waals surface area contributed by atoms with Crippen LogP contribution in [0.4, 0.5) is 0 Å². The molecule has 0 atom stereocenters. The molecule has 0 bridgehead atoms. The second-order valence-corrected chi connectivity index (χ2v) is 4.47. The van der Waals surface area contributed by atoms with Crippen molar-refractivity contribution < 1.29 is 18.7 Å². The summed E-state index contributed by atoms with van der Waals surface area (Å²) in [6.45, 7) is 1.72. The molecular weight excluding hydrogens is 296 g/mol. The lowest BCUT2D eigenvalue weighted by atomic mass is 10.2. The van der Waals surface area contributed by atoms with Gasteiger partial charge in [-0.3, -0.25) is 4.79 Å². The van der Waals surface area contributed by atoms with Crippen molar-refractivity contribution >= 4 is 23.8 Å². The van der Waals surface area contributed by atoms with Gasteiger partial charge in [0.15, 0.2) is 5.43 Å². The van der Waals surface area contributed by atoms with Gasteiger partial charge < -0.3 is 14.7 Å². The highest BCUT2D eigenvalue weighted by Gasteiger charge is 2.27. The number of ether oxygens (including phenoxy) is 1. The molecule has 2 rings (SSSR count). The maximum atomic E-state index is 11.7. The lowest BCUT2D eigenvalue weighted by Crippen LogP contribution is -2.21. The number of hydrogen-bond acceptors (Lipinski definition) is 4. The third-order valence-electron chi connectivity index (χ3n) is 2.83. The maximum absolute atomic E-state index is 11.7. The van der Waals surface area contributed by atoms with Gasteiger partial charge in [-0.1, -0.05) is 36.4 Å². The minimum atomic E-state index is -0.873. The summed E-state index contributed by atoms with van der Waals surface area (Å²) in [5.41, 5.74) is 9.05. The third-order valence-corrected chi connectivity index (χ3v) is 2.83. The first-order valence-corrected chi connectivity index (χ1v) is 6.92. The van der Waals surface area contributed by atoms with Crippen LogP contribution in [0.3, 0.4) is 0 Å². The molecule has 1 aromatic heterocycles. The van der Waals surface area contributed by atoms with E-state index in [-0.39, 0.29) is 23.6 Å². The van der Waals surface area contributed by atoms with Crippen molar-refractivity contribution in [2.45, 2.75) is 6.92 Å². The quantitative estimate of drug-likeness (QED) is 0.367. The molecule has 0 amide bonds. The molecular formula is C17H14N2O4. The molecule has 0 N–H and O–H groups in total. The van der Waals surface area contributed by atoms with Gasteiger partial charge in [-0.25, -0.2) is 4.79 Å². The third kappa shape index (κ3) is 4.36. The molecule has 0 unspecified atom stereocenters. The highest BCUT2D eigenvalue weighted by Crippen LogP contribution is 2.09. The van der Waals surface area contributed by atoms with Gasteiger partial charge in [-0.05, 0) is 18.6 Å². The molecule has 0 aliphatic carbocycles. The molecule has 0 saturated heterocycles. The summed E-state index contributed by atoms with van der Waals surface area (Å²) < 4.78 is 10.2. The Kier molecular flexibility index (Phi) is 5.39. The molecule has 0 spiro atoms. The maximum Gasteiger partial charge on any atom is 0.441 e. The van der Waals surface area contributed by atoms with Gasteiger partial charge in [0.1, 0.15) is 5.76 Å². The van der Waals surface area contributed by atoms with Gasteiger partial charge in [-0.2, -0.15) is 4.79 Å². The molecule has 0 fully saturated rings. The van der Waals surface area contributed by atoms with E-state index in [4.69, 9.17) is 14.7 Å². The Morgan fingerprint density at radius 3 is 2.65 bits per heavy atom. The largest absolute Gasteiger partial charge is 0.457 e. The number of nitrogens with zero attached hydrogens (tertiary/aromatic N) is 2. The lowest BCUT2D eigenvalue weighted by Gasteiger charge is -1.99. The van der Waals surface area contributed by atoms with E-state index >= 15 is 0 Å². The van der Waals surface area contributed by atoms with Crippen LogP contribution in [-0.2, 0) is 9.53 Å². The number of rotatable bonds is 5. The average molecular weight is 310 g/mol. The normalized spacial score (nSPS) is 10.3. The zero-order chi connectivity index (χ0) is 16.7. The van der Waals surface area contributed by atoms with Crippen LogP contribution in [0.15, 0.2) is 51.7 Å². The Balaban J connectivity index is 2.36. The van der Waals surface area contributed by atoms with E-state index in [1.54, 1.807) is 19.1 Å². The summed E-state index contributed by atoms with van der Waals surface area (Å²) in [6.07, 6.45) is 3.34. The highest BCUT2D eigenvalue weighted by atomic mass is 16.5. The van der Waals surface area contributed by atoms with Crippen LogP contribution in [0.2, 0.25) is 0 Å². The number of carbonyl (C=O) groups is 1. The van der Waals surface area contributed by atoms with Crippen molar-refractivity contribution in [2.75, 3.05) is 6.61 Å². The number of esters is 1. The zero-order valence-electron chi connectivity index (χ0n) is 12.4.